The van der Waals surface area contributed by atoms with E-state index >= 15 is 0 Å². The normalized spacial score (nSPS) is 19.1. The first-order valence-electron chi connectivity index (χ1n) is 8.74. The van der Waals surface area contributed by atoms with Crippen molar-refractivity contribution < 1.29 is 5.11 Å². The molecule has 4 nitrogen and oxygen atoms in total. The summed E-state index contributed by atoms with van der Waals surface area (Å²) in [5.74, 6) is 0.716. The van der Waals surface area contributed by atoms with E-state index in [-0.39, 0.29) is 6.04 Å². The zero-order valence-corrected chi connectivity index (χ0v) is 14.9. The second-order valence-corrected chi connectivity index (χ2v) is 6.91. The second kappa shape index (κ2) is 8.33. The number of pyridine rings is 1. The molecule has 1 aliphatic rings. The Hall–Kier alpha value is -2.09. The average molecular weight is 356 g/mol. The maximum Gasteiger partial charge on any atom is 0.147 e. The Labute approximate surface area is 153 Å². The summed E-state index contributed by atoms with van der Waals surface area (Å²) < 4.78 is 0. The van der Waals surface area contributed by atoms with Crippen LogP contribution in [0.4, 0.5) is 5.82 Å². The minimum absolute atomic E-state index is 0.177. The van der Waals surface area contributed by atoms with Gasteiger partial charge in [0.25, 0.3) is 0 Å². The van der Waals surface area contributed by atoms with E-state index in [0.29, 0.717) is 22.8 Å². The summed E-state index contributed by atoms with van der Waals surface area (Å²) in [4.78, 5) is 6.65. The fourth-order valence-electron chi connectivity index (χ4n) is 3.47. The fourth-order valence-corrected chi connectivity index (χ4v) is 3.75. The summed E-state index contributed by atoms with van der Waals surface area (Å²) in [6.45, 7) is 0.866. The maximum atomic E-state index is 10.7. The predicted octanol–water partition coefficient (Wildman–Crippen LogP) is 4.48. The lowest BCUT2D eigenvalue weighted by Gasteiger charge is -2.33. The number of aliphatic hydroxyl groups excluding tert-OH is 1. The van der Waals surface area contributed by atoms with Crippen molar-refractivity contribution in [3.05, 3.63) is 58.7 Å². The van der Waals surface area contributed by atoms with Crippen LogP contribution in [0.25, 0.3) is 0 Å². The van der Waals surface area contributed by atoms with Gasteiger partial charge in [-0.2, -0.15) is 5.26 Å². The van der Waals surface area contributed by atoms with Crippen LogP contribution in [0.15, 0.2) is 42.6 Å². The zero-order chi connectivity index (χ0) is 17.6. The quantitative estimate of drug-likeness (QED) is 0.878. The van der Waals surface area contributed by atoms with E-state index in [1.54, 1.807) is 12.3 Å². The first-order chi connectivity index (χ1) is 12.2. The third-order valence-corrected chi connectivity index (χ3v) is 5.06. The lowest BCUT2D eigenvalue weighted by Crippen LogP contribution is -2.37. The van der Waals surface area contributed by atoms with Gasteiger partial charge in [-0.05, 0) is 30.9 Å². The minimum Gasteiger partial charge on any atom is -0.388 e. The molecule has 0 saturated carbocycles. The number of hydrogen-bond donors (Lipinski definition) is 1. The lowest BCUT2D eigenvalue weighted by molar-refractivity contribution is 0.155. The van der Waals surface area contributed by atoms with E-state index < -0.39 is 6.10 Å². The van der Waals surface area contributed by atoms with Crippen molar-refractivity contribution in [1.82, 2.24) is 4.98 Å². The number of nitrogens with zero attached hydrogens (tertiary/aromatic N) is 3. The van der Waals surface area contributed by atoms with Crippen LogP contribution in [0.1, 0.15) is 49.3 Å². The third-order valence-electron chi connectivity index (χ3n) is 4.78. The Balaban J connectivity index is 1.83. The Morgan fingerprint density at radius 2 is 2.08 bits per heavy atom. The SMILES string of the molecule is N#Cc1cnc(N2CCCCC[C@@H]2C[C@@H](O)c2ccccc2)c(Cl)c1. The molecule has 25 heavy (non-hydrogen) atoms. The molecule has 1 N–H and O–H groups in total. The van der Waals surface area contributed by atoms with E-state index in [1.807, 2.05) is 30.3 Å². The number of nitriles is 1. The van der Waals surface area contributed by atoms with Crippen LogP contribution in [0, 0.1) is 11.3 Å². The molecule has 1 aromatic heterocycles. The van der Waals surface area contributed by atoms with Crippen LogP contribution in [-0.2, 0) is 0 Å². The number of aliphatic hydroxyl groups is 1. The molecule has 2 aromatic rings. The maximum absolute atomic E-state index is 10.7. The molecule has 1 fully saturated rings. The van der Waals surface area contributed by atoms with Gasteiger partial charge in [0.15, 0.2) is 0 Å². The molecule has 2 heterocycles. The molecule has 0 aliphatic carbocycles. The molecule has 1 aromatic carbocycles. The molecule has 0 radical (unpaired) electrons. The van der Waals surface area contributed by atoms with Gasteiger partial charge in [0.2, 0.25) is 0 Å². The summed E-state index contributed by atoms with van der Waals surface area (Å²) in [6, 6.07) is 13.7. The third kappa shape index (κ3) is 4.31. The fraction of sp³-hybridized carbons (Fsp3) is 0.400. The zero-order valence-electron chi connectivity index (χ0n) is 14.1. The van der Waals surface area contributed by atoms with Crippen LogP contribution in [-0.4, -0.2) is 22.7 Å². The largest absolute Gasteiger partial charge is 0.388 e. The van der Waals surface area contributed by atoms with Crippen molar-refractivity contribution in [3.63, 3.8) is 0 Å². The van der Waals surface area contributed by atoms with E-state index in [1.165, 1.54) is 6.42 Å². The Morgan fingerprint density at radius 1 is 1.28 bits per heavy atom. The van der Waals surface area contributed by atoms with Crippen molar-refractivity contribution in [2.24, 2.45) is 0 Å². The molecule has 0 unspecified atom stereocenters. The van der Waals surface area contributed by atoms with E-state index in [4.69, 9.17) is 16.9 Å². The van der Waals surface area contributed by atoms with Gasteiger partial charge in [-0.3, -0.25) is 0 Å². The summed E-state index contributed by atoms with van der Waals surface area (Å²) in [7, 11) is 0. The van der Waals surface area contributed by atoms with Gasteiger partial charge < -0.3 is 10.0 Å². The van der Waals surface area contributed by atoms with Crippen molar-refractivity contribution in [1.29, 1.82) is 5.26 Å². The molecule has 0 amide bonds. The molecule has 2 atom stereocenters. The molecule has 1 aliphatic heterocycles. The first kappa shape index (κ1) is 17.7. The standard InChI is InChI=1S/C20H22ClN3O/c21-18-11-15(13-22)14-23-20(18)24-10-6-2-5-9-17(24)12-19(25)16-7-3-1-4-8-16/h1,3-4,7-8,11,14,17,19,25H,2,5-6,9-10,12H2/t17-,19-/m1/s1. The van der Waals surface area contributed by atoms with Gasteiger partial charge in [-0.25, -0.2) is 4.98 Å². The molecular formula is C20H22ClN3O. The Morgan fingerprint density at radius 3 is 2.80 bits per heavy atom. The van der Waals surface area contributed by atoms with Crippen molar-refractivity contribution in [2.45, 2.75) is 44.2 Å². The number of aromatic nitrogens is 1. The average Bonchev–Trinajstić information content (AvgIpc) is 2.87. The van der Waals surface area contributed by atoms with Gasteiger partial charge in [0, 0.05) is 18.8 Å². The summed E-state index contributed by atoms with van der Waals surface area (Å²) in [5, 5.41) is 20.2. The monoisotopic (exact) mass is 355 g/mol. The van der Waals surface area contributed by atoms with Crippen molar-refractivity contribution in [3.8, 4) is 6.07 Å². The lowest BCUT2D eigenvalue weighted by atomic mass is 9.98. The van der Waals surface area contributed by atoms with Crippen LogP contribution in [0.2, 0.25) is 5.02 Å². The van der Waals surface area contributed by atoms with E-state index in [2.05, 4.69) is 16.0 Å². The molecule has 1 saturated heterocycles. The summed E-state index contributed by atoms with van der Waals surface area (Å²) in [5.41, 5.74) is 1.40. The molecule has 5 heteroatoms. The van der Waals surface area contributed by atoms with Crippen LogP contribution >= 0.6 is 11.6 Å². The molecule has 3 rings (SSSR count). The Bertz CT molecular complexity index is 744. The number of benzene rings is 1. The second-order valence-electron chi connectivity index (χ2n) is 6.50. The topological polar surface area (TPSA) is 60.2 Å². The van der Waals surface area contributed by atoms with Crippen LogP contribution in [0.3, 0.4) is 0 Å². The molecule has 0 spiro atoms. The first-order valence-corrected chi connectivity index (χ1v) is 9.12. The highest BCUT2D eigenvalue weighted by atomic mass is 35.5. The molecular weight excluding hydrogens is 334 g/mol. The van der Waals surface area contributed by atoms with Gasteiger partial charge in [-0.15, -0.1) is 0 Å². The molecule has 0 bridgehead atoms. The van der Waals surface area contributed by atoms with E-state index in [0.717, 1.165) is 31.4 Å². The summed E-state index contributed by atoms with van der Waals surface area (Å²) in [6.07, 6.45) is 6.08. The number of rotatable bonds is 4. The number of anilines is 1. The number of hydrogen-bond acceptors (Lipinski definition) is 4. The molecule has 130 valence electrons. The smallest absolute Gasteiger partial charge is 0.147 e. The minimum atomic E-state index is -0.510. The van der Waals surface area contributed by atoms with Crippen LogP contribution < -0.4 is 4.90 Å². The van der Waals surface area contributed by atoms with Gasteiger partial charge >= 0.3 is 0 Å². The highest BCUT2D eigenvalue weighted by Gasteiger charge is 2.26. The van der Waals surface area contributed by atoms with Gasteiger partial charge in [0.05, 0.1) is 16.7 Å². The predicted molar refractivity (Wildman–Crippen MR) is 99.6 cm³/mol. The van der Waals surface area contributed by atoms with Gasteiger partial charge in [-0.1, -0.05) is 54.8 Å². The Kier molecular flexibility index (Phi) is 5.91. The van der Waals surface area contributed by atoms with Crippen molar-refractivity contribution >= 4 is 17.4 Å². The highest BCUT2D eigenvalue weighted by Crippen LogP contribution is 2.33. The highest BCUT2D eigenvalue weighted by molar-refractivity contribution is 6.33. The van der Waals surface area contributed by atoms with Crippen LogP contribution in [0.5, 0.6) is 0 Å². The van der Waals surface area contributed by atoms with Gasteiger partial charge in [0.1, 0.15) is 11.9 Å². The van der Waals surface area contributed by atoms with Crippen molar-refractivity contribution in [2.75, 3.05) is 11.4 Å². The summed E-state index contributed by atoms with van der Waals surface area (Å²) >= 11 is 6.40. The van der Waals surface area contributed by atoms with E-state index in [9.17, 15) is 5.11 Å². The number of halogens is 1.